The van der Waals surface area contributed by atoms with Crippen LogP contribution >= 0.6 is 11.8 Å². The van der Waals surface area contributed by atoms with Crippen molar-refractivity contribution in [1.82, 2.24) is 15.6 Å². The number of aromatic nitrogens is 1. The van der Waals surface area contributed by atoms with Gasteiger partial charge in [-0.1, -0.05) is 18.7 Å². The summed E-state index contributed by atoms with van der Waals surface area (Å²) in [5, 5.41) is 15.0. The molecule has 0 bridgehead atoms. The molecular formula is C19H22N4O5S. The summed E-state index contributed by atoms with van der Waals surface area (Å²) < 4.78 is 10.1. The van der Waals surface area contributed by atoms with E-state index in [2.05, 4.69) is 15.6 Å². The van der Waals surface area contributed by atoms with E-state index < -0.39 is 24.0 Å². The molecule has 0 aliphatic carbocycles. The molecule has 2 rings (SSSR count). The number of ether oxygens (including phenoxy) is 2. The number of esters is 2. The Bertz CT molecular complexity index is 878. The first-order valence-corrected chi connectivity index (χ1v) is 10.1. The topological polar surface area (TPSA) is 130 Å². The lowest BCUT2D eigenvalue weighted by Gasteiger charge is -2.28. The third-order valence-corrected chi connectivity index (χ3v) is 4.98. The van der Waals surface area contributed by atoms with Crippen LogP contribution in [0.2, 0.25) is 0 Å². The van der Waals surface area contributed by atoms with Crippen LogP contribution in [0.4, 0.5) is 4.79 Å². The minimum Gasteiger partial charge on any atom is -0.463 e. The van der Waals surface area contributed by atoms with Gasteiger partial charge in [-0.25, -0.2) is 19.4 Å². The molecule has 2 amide bonds. The van der Waals surface area contributed by atoms with E-state index in [0.717, 1.165) is 11.8 Å². The monoisotopic (exact) mass is 418 g/mol. The van der Waals surface area contributed by atoms with Gasteiger partial charge >= 0.3 is 18.0 Å². The summed E-state index contributed by atoms with van der Waals surface area (Å²) in [6, 6.07) is 4.02. The molecule has 2 heterocycles. The maximum atomic E-state index is 12.4. The Morgan fingerprint density at radius 1 is 1.21 bits per heavy atom. The number of nitriles is 1. The van der Waals surface area contributed by atoms with Crippen molar-refractivity contribution in [1.29, 1.82) is 5.26 Å². The molecule has 29 heavy (non-hydrogen) atoms. The third kappa shape index (κ3) is 5.48. The highest BCUT2D eigenvalue weighted by atomic mass is 32.2. The molecule has 1 aliphatic rings. The van der Waals surface area contributed by atoms with Crippen LogP contribution in [0, 0.1) is 11.3 Å². The van der Waals surface area contributed by atoms with Gasteiger partial charge in [-0.15, -0.1) is 0 Å². The number of rotatable bonds is 8. The maximum absolute atomic E-state index is 12.4. The molecule has 0 aromatic carbocycles. The van der Waals surface area contributed by atoms with E-state index >= 15 is 0 Å². The average Bonchev–Trinajstić information content (AvgIpc) is 2.71. The van der Waals surface area contributed by atoms with E-state index in [0.29, 0.717) is 22.7 Å². The van der Waals surface area contributed by atoms with Crippen LogP contribution in [0.25, 0.3) is 0 Å². The second-order valence-electron chi connectivity index (χ2n) is 5.84. The maximum Gasteiger partial charge on any atom is 0.356 e. The van der Waals surface area contributed by atoms with Gasteiger partial charge in [-0.05, 0) is 32.4 Å². The molecule has 0 radical (unpaired) electrons. The largest absolute Gasteiger partial charge is 0.463 e. The summed E-state index contributed by atoms with van der Waals surface area (Å²) in [6.07, 6.45) is 0.510. The highest BCUT2D eigenvalue weighted by Gasteiger charge is 2.31. The van der Waals surface area contributed by atoms with E-state index in [1.165, 1.54) is 12.1 Å². The summed E-state index contributed by atoms with van der Waals surface area (Å²) in [6.45, 7) is 5.64. The number of urea groups is 1. The minimum absolute atomic E-state index is 0.0775. The number of carbonyl (C=O) groups excluding carboxylic acids is 3. The molecular weight excluding hydrogens is 396 g/mol. The van der Waals surface area contributed by atoms with Crippen LogP contribution in [0.3, 0.4) is 0 Å². The molecule has 10 heteroatoms. The van der Waals surface area contributed by atoms with E-state index in [1.807, 2.05) is 13.0 Å². The number of thioether (sulfide) groups is 1. The Balaban J connectivity index is 2.34. The van der Waals surface area contributed by atoms with Crippen molar-refractivity contribution < 1.29 is 23.9 Å². The molecule has 0 spiro atoms. The lowest BCUT2D eigenvalue weighted by atomic mass is 10.0. The van der Waals surface area contributed by atoms with Crippen LogP contribution in [-0.2, 0) is 14.3 Å². The van der Waals surface area contributed by atoms with Crippen LogP contribution in [0.5, 0.6) is 0 Å². The first-order valence-electron chi connectivity index (χ1n) is 9.13. The summed E-state index contributed by atoms with van der Waals surface area (Å²) in [7, 11) is 0. The Labute approximate surface area is 172 Å². The zero-order valence-corrected chi connectivity index (χ0v) is 17.2. The Morgan fingerprint density at radius 2 is 1.90 bits per heavy atom. The van der Waals surface area contributed by atoms with Gasteiger partial charge in [-0.3, -0.25) is 0 Å². The van der Waals surface area contributed by atoms with Crippen molar-refractivity contribution in [2.75, 3.05) is 19.0 Å². The Hall–Kier alpha value is -3.06. The van der Waals surface area contributed by atoms with Gasteiger partial charge in [0.05, 0.1) is 30.4 Å². The Kier molecular flexibility index (Phi) is 8.03. The minimum atomic E-state index is -0.591. The molecule has 0 saturated heterocycles. The van der Waals surface area contributed by atoms with Gasteiger partial charge in [0.2, 0.25) is 0 Å². The predicted molar refractivity (Wildman–Crippen MR) is 105 cm³/mol. The summed E-state index contributed by atoms with van der Waals surface area (Å²) in [5.41, 5.74) is 1.07. The van der Waals surface area contributed by atoms with Crippen LogP contribution in [0.15, 0.2) is 28.4 Å². The third-order valence-electron chi connectivity index (χ3n) is 3.97. The molecule has 0 fully saturated rings. The standard InChI is InChI=1S/C19H22N4O5S/c1-4-12-15(18(25)28-6-3)14(23-19(26)22-12)10-29-16-11(9-20)7-8-13(21-16)17(24)27-5-2/h7-8,12H,4-6,10H2,1-3H3,(H2,22,23,26)/t12-/m1/s1. The highest BCUT2D eigenvalue weighted by Crippen LogP contribution is 2.26. The normalized spacial score (nSPS) is 15.8. The number of hydrogen-bond acceptors (Lipinski definition) is 8. The first kappa shape index (κ1) is 22.2. The van der Waals surface area contributed by atoms with Crippen molar-refractivity contribution in [3.05, 3.63) is 34.7 Å². The lowest BCUT2D eigenvalue weighted by molar-refractivity contribution is -0.139. The number of hydrogen-bond donors (Lipinski definition) is 2. The fourth-order valence-electron chi connectivity index (χ4n) is 2.67. The van der Waals surface area contributed by atoms with Gasteiger partial charge in [0, 0.05) is 11.4 Å². The number of pyridine rings is 1. The molecule has 1 aromatic heterocycles. The number of amides is 2. The summed E-state index contributed by atoms with van der Waals surface area (Å²) >= 11 is 1.13. The molecule has 1 aliphatic heterocycles. The highest BCUT2D eigenvalue weighted by molar-refractivity contribution is 7.99. The number of carbonyl (C=O) groups is 3. The zero-order valence-electron chi connectivity index (χ0n) is 16.4. The molecule has 1 aromatic rings. The predicted octanol–water partition coefficient (Wildman–Crippen LogP) is 2.13. The van der Waals surface area contributed by atoms with Crippen LogP contribution in [-0.4, -0.2) is 48.0 Å². The van der Waals surface area contributed by atoms with E-state index in [9.17, 15) is 19.6 Å². The van der Waals surface area contributed by atoms with E-state index in [-0.39, 0.29) is 30.2 Å². The van der Waals surface area contributed by atoms with Crippen molar-refractivity contribution in [2.24, 2.45) is 0 Å². The van der Waals surface area contributed by atoms with Crippen molar-refractivity contribution in [3.63, 3.8) is 0 Å². The molecule has 154 valence electrons. The second-order valence-corrected chi connectivity index (χ2v) is 6.81. The van der Waals surface area contributed by atoms with Crippen LogP contribution in [0.1, 0.15) is 43.2 Å². The number of nitrogens with zero attached hydrogens (tertiary/aromatic N) is 2. The smallest absolute Gasteiger partial charge is 0.356 e. The fraction of sp³-hybridized carbons (Fsp3) is 0.421. The van der Waals surface area contributed by atoms with Gasteiger partial charge in [0.25, 0.3) is 0 Å². The van der Waals surface area contributed by atoms with Gasteiger partial charge < -0.3 is 20.1 Å². The van der Waals surface area contributed by atoms with Gasteiger partial charge in [0.15, 0.2) is 0 Å². The first-order chi connectivity index (χ1) is 13.9. The van der Waals surface area contributed by atoms with Gasteiger partial charge in [0.1, 0.15) is 16.8 Å². The lowest BCUT2D eigenvalue weighted by Crippen LogP contribution is -2.50. The van der Waals surface area contributed by atoms with Crippen molar-refractivity contribution in [2.45, 2.75) is 38.3 Å². The molecule has 1 atom stereocenters. The summed E-state index contributed by atoms with van der Waals surface area (Å²) in [4.78, 5) is 40.5. The average molecular weight is 418 g/mol. The van der Waals surface area contributed by atoms with E-state index in [1.54, 1.807) is 13.8 Å². The quantitative estimate of drug-likeness (QED) is 0.485. The molecule has 0 unspecified atom stereocenters. The summed E-state index contributed by atoms with van der Waals surface area (Å²) in [5.74, 6) is -0.950. The van der Waals surface area contributed by atoms with Crippen LogP contribution < -0.4 is 10.6 Å². The SMILES string of the molecule is CCOC(=O)C1=C(CSc2nc(C(=O)OCC)ccc2C#N)NC(=O)N[C@@H]1CC. The Morgan fingerprint density at radius 3 is 2.52 bits per heavy atom. The molecule has 0 saturated carbocycles. The molecule has 9 nitrogen and oxygen atoms in total. The van der Waals surface area contributed by atoms with Gasteiger partial charge in [-0.2, -0.15) is 5.26 Å². The van der Waals surface area contributed by atoms with Crippen molar-refractivity contribution in [3.8, 4) is 6.07 Å². The zero-order chi connectivity index (χ0) is 21.4. The van der Waals surface area contributed by atoms with E-state index in [4.69, 9.17) is 9.47 Å². The fourth-order valence-corrected chi connectivity index (χ4v) is 3.61. The second kappa shape index (κ2) is 10.5. The van der Waals surface area contributed by atoms with Crippen molar-refractivity contribution >= 4 is 29.7 Å². The molecule has 2 N–H and O–H groups in total. The number of nitrogens with one attached hydrogen (secondary N) is 2.